The molecule has 174 valence electrons. The van der Waals surface area contributed by atoms with Crippen LogP contribution in [0.15, 0.2) is 70.3 Å². The SMILES string of the molecule is COc1cc(OC)c(OC)cc1CNC(=O)c1ccc2c(=O)n(-c3ccccc3)c(=O)[nH]c2c1. The third-order valence-electron chi connectivity index (χ3n) is 5.40. The molecule has 0 spiro atoms. The van der Waals surface area contributed by atoms with Crippen LogP contribution in [0.2, 0.25) is 0 Å². The molecule has 0 unspecified atom stereocenters. The van der Waals surface area contributed by atoms with Crippen LogP contribution in [0.4, 0.5) is 0 Å². The number of H-pyrrole nitrogens is 1. The first-order chi connectivity index (χ1) is 16.5. The van der Waals surface area contributed by atoms with Crippen molar-refractivity contribution in [3.05, 3.63) is 92.6 Å². The van der Waals surface area contributed by atoms with Crippen molar-refractivity contribution >= 4 is 16.8 Å². The molecular formula is C25H23N3O6. The van der Waals surface area contributed by atoms with E-state index >= 15 is 0 Å². The highest BCUT2D eigenvalue weighted by Crippen LogP contribution is 2.34. The second kappa shape index (κ2) is 9.53. The predicted molar refractivity (Wildman–Crippen MR) is 127 cm³/mol. The molecule has 0 aliphatic heterocycles. The third-order valence-corrected chi connectivity index (χ3v) is 5.40. The maximum Gasteiger partial charge on any atom is 0.333 e. The lowest BCUT2D eigenvalue weighted by atomic mass is 10.1. The van der Waals surface area contributed by atoms with E-state index in [9.17, 15) is 14.4 Å². The van der Waals surface area contributed by atoms with E-state index < -0.39 is 11.2 Å². The van der Waals surface area contributed by atoms with Gasteiger partial charge in [0.15, 0.2) is 11.5 Å². The van der Waals surface area contributed by atoms with Gasteiger partial charge in [0.1, 0.15) is 5.75 Å². The summed E-state index contributed by atoms with van der Waals surface area (Å²) < 4.78 is 17.1. The van der Waals surface area contributed by atoms with Crippen LogP contribution in [0, 0.1) is 0 Å². The summed E-state index contributed by atoms with van der Waals surface area (Å²) in [6.07, 6.45) is 0. The summed E-state index contributed by atoms with van der Waals surface area (Å²) in [6.45, 7) is 0.159. The first-order valence-electron chi connectivity index (χ1n) is 10.4. The molecule has 0 atom stereocenters. The number of nitrogens with one attached hydrogen (secondary N) is 2. The number of carbonyl (C=O) groups is 1. The van der Waals surface area contributed by atoms with E-state index in [1.807, 2.05) is 0 Å². The van der Waals surface area contributed by atoms with Crippen LogP contribution in [-0.2, 0) is 6.54 Å². The lowest BCUT2D eigenvalue weighted by Crippen LogP contribution is -2.33. The van der Waals surface area contributed by atoms with Crippen LogP contribution in [-0.4, -0.2) is 36.8 Å². The standard InChI is InChI=1S/C25H23N3O6/c1-32-20-13-22(34-3)21(33-2)12-16(20)14-26-23(29)15-9-10-18-19(11-15)27-25(31)28(24(18)30)17-7-5-4-6-8-17/h4-13H,14H2,1-3H3,(H,26,29)(H,27,31). The smallest absolute Gasteiger partial charge is 0.333 e. The summed E-state index contributed by atoms with van der Waals surface area (Å²) in [7, 11) is 4.57. The molecular weight excluding hydrogens is 438 g/mol. The highest BCUT2D eigenvalue weighted by molar-refractivity contribution is 5.97. The fourth-order valence-electron chi connectivity index (χ4n) is 3.68. The average Bonchev–Trinajstić information content (AvgIpc) is 2.86. The van der Waals surface area contributed by atoms with Crippen molar-refractivity contribution in [3.63, 3.8) is 0 Å². The zero-order chi connectivity index (χ0) is 24.2. The van der Waals surface area contributed by atoms with Crippen molar-refractivity contribution < 1.29 is 19.0 Å². The minimum absolute atomic E-state index is 0.159. The monoisotopic (exact) mass is 461 g/mol. The molecule has 0 saturated heterocycles. The van der Waals surface area contributed by atoms with Crippen LogP contribution in [0.25, 0.3) is 16.6 Å². The van der Waals surface area contributed by atoms with Crippen molar-refractivity contribution in [2.75, 3.05) is 21.3 Å². The Balaban J connectivity index is 1.62. The van der Waals surface area contributed by atoms with Gasteiger partial charge in [-0.1, -0.05) is 18.2 Å². The largest absolute Gasteiger partial charge is 0.496 e. The summed E-state index contributed by atoms with van der Waals surface area (Å²) in [5, 5.41) is 3.11. The van der Waals surface area contributed by atoms with Gasteiger partial charge in [0.05, 0.1) is 37.9 Å². The Hall–Kier alpha value is -4.53. The molecule has 1 heterocycles. The number of rotatable bonds is 7. The molecule has 34 heavy (non-hydrogen) atoms. The van der Waals surface area contributed by atoms with E-state index in [0.29, 0.717) is 39.4 Å². The van der Waals surface area contributed by atoms with Gasteiger partial charge < -0.3 is 24.5 Å². The number of methoxy groups -OCH3 is 3. The lowest BCUT2D eigenvalue weighted by Gasteiger charge is -2.14. The molecule has 3 aromatic carbocycles. The van der Waals surface area contributed by atoms with Crippen molar-refractivity contribution in [2.45, 2.75) is 6.54 Å². The van der Waals surface area contributed by atoms with Crippen LogP contribution < -0.4 is 30.8 Å². The number of nitrogens with zero attached hydrogens (tertiary/aromatic N) is 1. The second-order valence-corrected chi connectivity index (χ2v) is 7.37. The second-order valence-electron chi connectivity index (χ2n) is 7.37. The summed E-state index contributed by atoms with van der Waals surface area (Å²) in [4.78, 5) is 41.0. The molecule has 0 fully saturated rings. The van der Waals surface area contributed by atoms with E-state index in [2.05, 4.69) is 10.3 Å². The Morgan fingerprint density at radius 1 is 0.882 bits per heavy atom. The number of hydrogen-bond donors (Lipinski definition) is 2. The normalized spacial score (nSPS) is 10.7. The molecule has 9 nitrogen and oxygen atoms in total. The minimum Gasteiger partial charge on any atom is -0.496 e. The van der Waals surface area contributed by atoms with Gasteiger partial charge in [-0.2, -0.15) is 0 Å². The molecule has 4 rings (SSSR count). The van der Waals surface area contributed by atoms with Crippen molar-refractivity contribution in [1.82, 2.24) is 14.9 Å². The Bertz CT molecular complexity index is 1470. The van der Waals surface area contributed by atoms with Crippen molar-refractivity contribution in [1.29, 1.82) is 0 Å². The Morgan fingerprint density at radius 3 is 2.24 bits per heavy atom. The topological polar surface area (TPSA) is 112 Å². The van der Waals surface area contributed by atoms with Gasteiger partial charge in [0.2, 0.25) is 0 Å². The van der Waals surface area contributed by atoms with Gasteiger partial charge in [-0.3, -0.25) is 9.59 Å². The van der Waals surface area contributed by atoms with Crippen LogP contribution in [0.3, 0.4) is 0 Å². The number of carbonyl (C=O) groups excluding carboxylic acids is 1. The number of ether oxygens (including phenoxy) is 3. The minimum atomic E-state index is -0.587. The molecule has 4 aromatic rings. The number of aromatic nitrogens is 2. The van der Waals surface area contributed by atoms with Gasteiger partial charge in [-0.15, -0.1) is 0 Å². The fourth-order valence-corrected chi connectivity index (χ4v) is 3.68. The first-order valence-corrected chi connectivity index (χ1v) is 10.4. The molecule has 0 radical (unpaired) electrons. The maximum atomic E-state index is 12.9. The molecule has 0 aliphatic carbocycles. The highest BCUT2D eigenvalue weighted by atomic mass is 16.5. The number of para-hydroxylation sites is 1. The lowest BCUT2D eigenvalue weighted by molar-refractivity contribution is 0.0950. The van der Waals surface area contributed by atoms with Crippen molar-refractivity contribution in [3.8, 4) is 22.9 Å². The zero-order valence-corrected chi connectivity index (χ0v) is 18.9. The maximum absolute atomic E-state index is 12.9. The number of fused-ring (bicyclic) bond motifs is 1. The van der Waals surface area contributed by atoms with E-state index in [0.717, 1.165) is 4.57 Å². The molecule has 1 amide bonds. The highest BCUT2D eigenvalue weighted by Gasteiger charge is 2.15. The Kier molecular flexibility index (Phi) is 6.35. The van der Waals surface area contributed by atoms with Crippen molar-refractivity contribution in [2.24, 2.45) is 0 Å². The van der Waals surface area contributed by atoms with Gasteiger partial charge in [-0.05, 0) is 36.4 Å². The van der Waals surface area contributed by atoms with E-state index in [-0.39, 0.29) is 18.0 Å². The quantitative estimate of drug-likeness (QED) is 0.438. The Morgan fingerprint density at radius 2 is 1.56 bits per heavy atom. The summed E-state index contributed by atoms with van der Waals surface area (Å²) >= 11 is 0. The van der Waals surface area contributed by atoms with E-state index in [4.69, 9.17) is 14.2 Å². The van der Waals surface area contributed by atoms with Gasteiger partial charge in [0.25, 0.3) is 11.5 Å². The van der Waals surface area contributed by atoms with Gasteiger partial charge >= 0.3 is 5.69 Å². The van der Waals surface area contributed by atoms with E-state index in [1.54, 1.807) is 48.5 Å². The molecule has 0 saturated carbocycles. The molecule has 0 bridgehead atoms. The first kappa shape index (κ1) is 22.7. The number of amides is 1. The van der Waals surface area contributed by atoms with Crippen LogP contribution >= 0.6 is 0 Å². The third kappa shape index (κ3) is 4.23. The summed E-state index contributed by atoms with van der Waals surface area (Å²) in [6, 6.07) is 16.6. The number of aromatic amines is 1. The van der Waals surface area contributed by atoms with Crippen LogP contribution in [0.1, 0.15) is 15.9 Å². The fraction of sp³-hybridized carbons (Fsp3) is 0.160. The molecule has 1 aromatic heterocycles. The van der Waals surface area contributed by atoms with Gasteiger partial charge in [0, 0.05) is 23.7 Å². The molecule has 9 heteroatoms. The predicted octanol–water partition coefficient (Wildman–Crippen LogP) is 2.63. The molecule has 0 aliphatic rings. The van der Waals surface area contributed by atoms with Crippen LogP contribution in [0.5, 0.6) is 17.2 Å². The summed E-state index contributed by atoms with van der Waals surface area (Å²) in [5.41, 5.74) is 0.663. The van der Waals surface area contributed by atoms with E-state index in [1.165, 1.54) is 33.5 Å². The number of hydrogen-bond acceptors (Lipinski definition) is 6. The molecule has 2 N–H and O–H groups in total. The zero-order valence-electron chi connectivity index (χ0n) is 18.9. The average molecular weight is 461 g/mol. The van der Waals surface area contributed by atoms with Gasteiger partial charge in [-0.25, -0.2) is 9.36 Å². The Labute approximate surface area is 194 Å². The number of benzene rings is 3. The summed E-state index contributed by atoms with van der Waals surface area (Å²) in [5.74, 6) is 1.16.